The second-order valence-corrected chi connectivity index (χ2v) is 3.00. The monoisotopic (exact) mass is 186 g/mol. The van der Waals surface area contributed by atoms with Gasteiger partial charge in [0.1, 0.15) is 0 Å². The fraction of sp³-hybridized carbons (Fsp3) is 0.500. The zero-order chi connectivity index (χ0) is 8.97. The van der Waals surface area contributed by atoms with Gasteiger partial charge in [0, 0.05) is 13.6 Å². The smallest absolute Gasteiger partial charge is 0.282 e. The molecule has 1 aromatic rings. The first kappa shape index (κ1) is 8.92. The largest absolute Gasteiger partial charge is 0.360 e. The molecular formula is C6H10N4OS. The summed E-state index contributed by atoms with van der Waals surface area (Å²) >= 11 is 1.24. The zero-order valence-corrected chi connectivity index (χ0v) is 7.73. The maximum absolute atomic E-state index is 11.0. The number of aromatic nitrogens is 2. The molecule has 0 bridgehead atoms. The molecule has 66 valence electrons. The number of hydrogen-bond donors (Lipinski definition) is 2. The lowest BCUT2D eigenvalue weighted by Crippen LogP contribution is -2.17. The van der Waals surface area contributed by atoms with Crippen molar-refractivity contribution in [1.82, 2.24) is 15.5 Å². The third kappa shape index (κ3) is 1.91. The van der Waals surface area contributed by atoms with Gasteiger partial charge in [0.25, 0.3) is 5.91 Å². The van der Waals surface area contributed by atoms with Crippen LogP contribution in [0.5, 0.6) is 0 Å². The van der Waals surface area contributed by atoms with Crippen LogP contribution in [0.3, 0.4) is 0 Å². The molecule has 0 saturated carbocycles. The molecular weight excluding hydrogens is 176 g/mol. The Hall–Kier alpha value is -1.17. The van der Waals surface area contributed by atoms with Crippen molar-refractivity contribution in [2.75, 3.05) is 18.9 Å². The van der Waals surface area contributed by atoms with Gasteiger partial charge in [0.15, 0.2) is 0 Å². The Morgan fingerprint density at radius 2 is 2.33 bits per heavy atom. The highest BCUT2D eigenvalue weighted by atomic mass is 32.1. The van der Waals surface area contributed by atoms with Crippen LogP contribution < -0.4 is 10.6 Å². The molecule has 1 amide bonds. The first-order chi connectivity index (χ1) is 5.77. The van der Waals surface area contributed by atoms with Crippen LogP contribution in [-0.2, 0) is 0 Å². The lowest BCUT2D eigenvalue weighted by atomic mass is 10.6. The molecule has 0 spiro atoms. The van der Waals surface area contributed by atoms with Crippen molar-refractivity contribution in [2.45, 2.75) is 6.92 Å². The summed E-state index contributed by atoms with van der Waals surface area (Å²) in [7, 11) is 1.57. The second kappa shape index (κ2) is 4.01. The number of anilines is 1. The van der Waals surface area contributed by atoms with Crippen LogP contribution in [0.15, 0.2) is 0 Å². The Morgan fingerprint density at radius 3 is 2.92 bits per heavy atom. The first-order valence-electron chi connectivity index (χ1n) is 3.57. The van der Waals surface area contributed by atoms with E-state index in [9.17, 15) is 4.79 Å². The van der Waals surface area contributed by atoms with Gasteiger partial charge in [-0.05, 0) is 6.92 Å². The van der Waals surface area contributed by atoms with Gasteiger partial charge in [-0.25, -0.2) is 0 Å². The van der Waals surface area contributed by atoms with Crippen molar-refractivity contribution < 1.29 is 4.79 Å². The lowest BCUT2D eigenvalue weighted by Gasteiger charge is -1.91. The van der Waals surface area contributed by atoms with Crippen molar-refractivity contribution in [3.05, 3.63) is 5.01 Å². The molecule has 0 aliphatic carbocycles. The van der Waals surface area contributed by atoms with E-state index in [1.807, 2.05) is 6.92 Å². The van der Waals surface area contributed by atoms with Gasteiger partial charge >= 0.3 is 0 Å². The van der Waals surface area contributed by atoms with E-state index in [2.05, 4.69) is 20.8 Å². The molecule has 2 N–H and O–H groups in total. The standard InChI is InChI=1S/C6H10N4OS/c1-3-8-6-10-9-5(12-6)4(11)7-2/h3H2,1-2H3,(H,7,11)(H,8,10). The molecule has 1 heterocycles. The van der Waals surface area contributed by atoms with E-state index in [-0.39, 0.29) is 5.91 Å². The number of carbonyl (C=O) groups excluding carboxylic acids is 1. The van der Waals surface area contributed by atoms with Crippen LogP contribution in [0.1, 0.15) is 16.7 Å². The van der Waals surface area contributed by atoms with Gasteiger partial charge in [-0.15, -0.1) is 10.2 Å². The van der Waals surface area contributed by atoms with Crippen LogP contribution in [0.2, 0.25) is 0 Å². The number of rotatable bonds is 3. The molecule has 0 unspecified atom stereocenters. The molecule has 6 heteroatoms. The number of nitrogens with one attached hydrogen (secondary N) is 2. The molecule has 0 saturated heterocycles. The van der Waals surface area contributed by atoms with E-state index < -0.39 is 0 Å². The average Bonchev–Trinajstić information content (AvgIpc) is 2.52. The fourth-order valence-corrected chi connectivity index (χ4v) is 1.40. The maximum Gasteiger partial charge on any atom is 0.282 e. The van der Waals surface area contributed by atoms with E-state index in [1.54, 1.807) is 7.05 Å². The average molecular weight is 186 g/mol. The summed E-state index contributed by atoms with van der Waals surface area (Å²) in [5.74, 6) is -0.198. The number of amides is 1. The number of carbonyl (C=O) groups is 1. The van der Waals surface area contributed by atoms with Gasteiger partial charge in [0.2, 0.25) is 10.1 Å². The van der Waals surface area contributed by atoms with E-state index in [0.29, 0.717) is 10.1 Å². The van der Waals surface area contributed by atoms with Crippen molar-refractivity contribution in [1.29, 1.82) is 0 Å². The van der Waals surface area contributed by atoms with Crippen LogP contribution in [0, 0.1) is 0 Å². The van der Waals surface area contributed by atoms with E-state index in [4.69, 9.17) is 0 Å². The Labute approximate surface area is 74.2 Å². The Balaban J connectivity index is 2.70. The van der Waals surface area contributed by atoms with E-state index in [0.717, 1.165) is 6.54 Å². The van der Waals surface area contributed by atoms with Gasteiger partial charge in [-0.3, -0.25) is 4.79 Å². The highest BCUT2D eigenvalue weighted by molar-refractivity contribution is 7.17. The predicted octanol–water partition coefficient (Wildman–Crippen LogP) is 0.330. The van der Waals surface area contributed by atoms with E-state index >= 15 is 0 Å². The third-order valence-electron chi connectivity index (χ3n) is 1.17. The minimum atomic E-state index is -0.198. The van der Waals surface area contributed by atoms with Crippen LogP contribution in [0.4, 0.5) is 5.13 Å². The highest BCUT2D eigenvalue weighted by Gasteiger charge is 2.09. The number of hydrogen-bond acceptors (Lipinski definition) is 5. The molecule has 12 heavy (non-hydrogen) atoms. The zero-order valence-electron chi connectivity index (χ0n) is 6.92. The number of nitrogens with zero attached hydrogens (tertiary/aromatic N) is 2. The van der Waals surface area contributed by atoms with Gasteiger partial charge < -0.3 is 10.6 Å². The third-order valence-corrected chi connectivity index (χ3v) is 2.05. The SMILES string of the molecule is CCNc1nnc(C(=O)NC)s1. The summed E-state index contributed by atoms with van der Waals surface area (Å²) in [5.41, 5.74) is 0. The molecule has 0 atom stereocenters. The van der Waals surface area contributed by atoms with Crippen molar-refractivity contribution >= 4 is 22.4 Å². The first-order valence-corrected chi connectivity index (χ1v) is 4.39. The summed E-state index contributed by atoms with van der Waals surface area (Å²) in [5, 5.41) is 14.0. The van der Waals surface area contributed by atoms with Crippen molar-refractivity contribution in [3.63, 3.8) is 0 Å². The van der Waals surface area contributed by atoms with E-state index in [1.165, 1.54) is 11.3 Å². The van der Waals surface area contributed by atoms with Gasteiger partial charge in [-0.2, -0.15) is 0 Å². The summed E-state index contributed by atoms with van der Waals surface area (Å²) in [4.78, 5) is 11.0. The molecule has 5 nitrogen and oxygen atoms in total. The molecule has 0 aliphatic rings. The lowest BCUT2D eigenvalue weighted by molar-refractivity contribution is 0.0962. The minimum absolute atomic E-state index is 0.198. The van der Waals surface area contributed by atoms with Gasteiger partial charge in [0.05, 0.1) is 0 Å². The predicted molar refractivity (Wildman–Crippen MR) is 47.5 cm³/mol. The summed E-state index contributed by atoms with van der Waals surface area (Å²) in [6, 6.07) is 0. The quantitative estimate of drug-likeness (QED) is 0.714. The van der Waals surface area contributed by atoms with Crippen LogP contribution in [-0.4, -0.2) is 29.7 Å². The normalized spacial score (nSPS) is 9.50. The summed E-state index contributed by atoms with van der Waals surface area (Å²) in [6.45, 7) is 2.74. The summed E-state index contributed by atoms with van der Waals surface area (Å²) in [6.07, 6.45) is 0. The molecule has 0 fully saturated rings. The van der Waals surface area contributed by atoms with Gasteiger partial charge in [-0.1, -0.05) is 11.3 Å². The highest BCUT2D eigenvalue weighted by Crippen LogP contribution is 2.13. The fourth-order valence-electron chi connectivity index (χ4n) is 0.645. The van der Waals surface area contributed by atoms with Crippen molar-refractivity contribution in [2.24, 2.45) is 0 Å². The molecule has 0 radical (unpaired) electrons. The molecule has 0 aromatic carbocycles. The summed E-state index contributed by atoms with van der Waals surface area (Å²) < 4.78 is 0. The second-order valence-electron chi connectivity index (χ2n) is 2.02. The van der Waals surface area contributed by atoms with Crippen LogP contribution >= 0.6 is 11.3 Å². The molecule has 0 aliphatic heterocycles. The Bertz CT molecular complexity index is 272. The maximum atomic E-state index is 11.0. The van der Waals surface area contributed by atoms with Crippen LogP contribution in [0.25, 0.3) is 0 Å². The Kier molecular flexibility index (Phi) is 2.98. The minimum Gasteiger partial charge on any atom is -0.360 e. The topological polar surface area (TPSA) is 66.9 Å². The molecule has 1 rings (SSSR count). The molecule has 1 aromatic heterocycles. The van der Waals surface area contributed by atoms with Crippen molar-refractivity contribution in [3.8, 4) is 0 Å². The Morgan fingerprint density at radius 1 is 1.58 bits per heavy atom.